The van der Waals surface area contributed by atoms with Gasteiger partial charge in [0.15, 0.2) is 0 Å². The summed E-state index contributed by atoms with van der Waals surface area (Å²) in [5.41, 5.74) is 0.393. The van der Waals surface area contributed by atoms with E-state index in [1.807, 2.05) is 6.07 Å². The van der Waals surface area contributed by atoms with Crippen LogP contribution < -0.4 is 10.2 Å². The predicted octanol–water partition coefficient (Wildman–Crippen LogP) is -0.0204. The summed E-state index contributed by atoms with van der Waals surface area (Å²) in [4.78, 5) is 0. The van der Waals surface area contributed by atoms with E-state index in [9.17, 15) is 0 Å². The monoisotopic (exact) mass is 278 g/mol. The van der Waals surface area contributed by atoms with Gasteiger partial charge >= 0.3 is 7.12 Å². The summed E-state index contributed by atoms with van der Waals surface area (Å²) in [5, 5.41) is 17.9. The highest BCUT2D eigenvalue weighted by Crippen LogP contribution is 2.17. The summed E-state index contributed by atoms with van der Waals surface area (Å²) < 4.78 is 5.87. The Labute approximate surface area is 84.7 Å². The highest BCUT2D eigenvalue weighted by Gasteiger charge is 2.17. The minimum Gasteiger partial charge on any atom is -0.496 e. The maximum Gasteiger partial charge on any atom is 0.492 e. The number of benzene rings is 1. The molecule has 64 valence electrons. The summed E-state index contributed by atoms with van der Waals surface area (Å²) in [6, 6.07) is 5.20. The molecule has 2 N–H and O–H groups in total. The van der Waals surface area contributed by atoms with Crippen LogP contribution in [0.2, 0.25) is 0 Å². The van der Waals surface area contributed by atoms with Gasteiger partial charge in [-0.3, -0.25) is 0 Å². The van der Waals surface area contributed by atoms with Crippen molar-refractivity contribution in [3.05, 3.63) is 21.8 Å². The van der Waals surface area contributed by atoms with Crippen molar-refractivity contribution < 1.29 is 14.8 Å². The molecule has 0 spiro atoms. The van der Waals surface area contributed by atoms with Gasteiger partial charge in [-0.05, 0) is 28.7 Å². The van der Waals surface area contributed by atoms with Crippen molar-refractivity contribution in [3.8, 4) is 5.75 Å². The Balaban J connectivity index is 3.18. The molecule has 1 aromatic carbocycles. The van der Waals surface area contributed by atoms with Crippen molar-refractivity contribution in [2.45, 2.75) is 0 Å². The normalized spacial score (nSPS) is 9.67. The van der Waals surface area contributed by atoms with Gasteiger partial charge in [0.1, 0.15) is 5.75 Å². The average Bonchev–Trinajstić information content (AvgIpc) is 2.03. The first-order chi connectivity index (χ1) is 5.66. The predicted molar refractivity (Wildman–Crippen MR) is 55.5 cm³/mol. The van der Waals surface area contributed by atoms with Crippen molar-refractivity contribution in [3.63, 3.8) is 0 Å². The quantitative estimate of drug-likeness (QED) is 0.590. The summed E-state index contributed by atoms with van der Waals surface area (Å²) in [5.74, 6) is 0.521. The van der Waals surface area contributed by atoms with Gasteiger partial charge in [-0.2, -0.15) is 0 Å². The van der Waals surface area contributed by atoms with Gasteiger partial charge in [0, 0.05) is 5.46 Å². The third-order valence-corrected chi connectivity index (χ3v) is 2.33. The van der Waals surface area contributed by atoms with Crippen molar-refractivity contribution in [2.24, 2.45) is 0 Å². The number of hydrogen-bond donors (Lipinski definition) is 2. The Morgan fingerprint density at radius 2 is 2.08 bits per heavy atom. The lowest BCUT2D eigenvalue weighted by atomic mass is 9.80. The van der Waals surface area contributed by atoms with Gasteiger partial charge in [0.2, 0.25) is 0 Å². The third-order valence-electron chi connectivity index (χ3n) is 1.48. The molecule has 0 aliphatic carbocycles. The molecule has 0 aliphatic rings. The van der Waals surface area contributed by atoms with Gasteiger partial charge in [0.05, 0.1) is 10.7 Å². The largest absolute Gasteiger partial charge is 0.496 e. The second-order valence-electron chi connectivity index (χ2n) is 2.24. The Kier molecular flexibility index (Phi) is 3.36. The van der Waals surface area contributed by atoms with Crippen molar-refractivity contribution in [2.75, 3.05) is 7.11 Å². The summed E-state index contributed by atoms with van der Waals surface area (Å²) in [6.45, 7) is 0. The van der Waals surface area contributed by atoms with Crippen LogP contribution >= 0.6 is 22.6 Å². The fourth-order valence-electron chi connectivity index (χ4n) is 0.944. The molecule has 0 aromatic heterocycles. The summed E-state index contributed by atoms with van der Waals surface area (Å²) in [7, 11) is 0.0262. The number of para-hydroxylation sites is 1. The SMILES string of the molecule is COc1c(I)cccc1B(O)O. The van der Waals surface area contributed by atoms with Crippen molar-refractivity contribution >= 4 is 35.2 Å². The zero-order valence-electron chi connectivity index (χ0n) is 6.49. The molecule has 12 heavy (non-hydrogen) atoms. The summed E-state index contributed by atoms with van der Waals surface area (Å²) in [6.07, 6.45) is 0. The lowest BCUT2D eigenvalue weighted by Crippen LogP contribution is -2.31. The lowest BCUT2D eigenvalue weighted by Gasteiger charge is -2.08. The van der Waals surface area contributed by atoms with E-state index in [1.165, 1.54) is 7.11 Å². The minimum absolute atomic E-state index is 0.393. The smallest absolute Gasteiger partial charge is 0.492 e. The standard InChI is InChI=1S/C7H8BIO3/c1-12-7-5(8(10)11)3-2-4-6(7)9/h2-4,10-11H,1H3. The Hall–Kier alpha value is -0.265. The Morgan fingerprint density at radius 3 is 2.50 bits per heavy atom. The molecule has 0 saturated carbocycles. The summed E-state index contributed by atoms with van der Waals surface area (Å²) >= 11 is 2.07. The highest BCUT2D eigenvalue weighted by molar-refractivity contribution is 14.1. The topological polar surface area (TPSA) is 49.7 Å². The van der Waals surface area contributed by atoms with Crippen LogP contribution in [0, 0.1) is 3.57 Å². The molecule has 0 saturated heterocycles. The molecule has 5 heteroatoms. The Morgan fingerprint density at radius 1 is 1.42 bits per heavy atom. The van der Waals surface area contributed by atoms with Gasteiger partial charge < -0.3 is 14.8 Å². The second kappa shape index (κ2) is 4.11. The fraction of sp³-hybridized carbons (Fsp3) is 0.143. The number of hydrogen-bond acceptors (Lipinski definition) is 3. The van der Waals surface area contributed by atoms with E-state index in [1.54, 1.807) is 12.1 Å². The molecule has 0 atom stereocenters. The van der Waals surface area contributed by atoms with Crippen LogP contribution in [0.25, 0.3) is 0 Å². The first-order valence-corrected chi connectivity index (χ1v) is 4.43. The van der Waals surface area contributed by atoms with Gasteiger partial charge in [0.25, 0.3) is 0 Å². The van der Waals surface area contributed by atoms with Gasteiger partial charge in [-0.1, -0.05) is 12.1 Å². The molecule has 0 amide bonds. The molecular weight excluding hydrogens is 270 g/mol. The molecule has 0 unspecified atom stereocenters. The third kappa shape index (κ3) is 1.91. The van der Waals surface area contributed by atoms with Crippen LogP contribution in [0.1, 0.15) is 0 Å². The van der Waals surface area contributed by atoms with Crippen LogP contribution in [0.15, 0.2) is 18.2 Å². The first-order valence-electron chi connectivity index (χ1n) is 3.35. The number of ether oxygens (including phenoxy) is 1. The number of halogens is 1. The van der Waals surface area contributed by atoms with E-state index in [4.69, 9.17) is 14.8 Å². The first kappa shape index (κ1) is 9.82. The van der Waals surface area contributed by atoms with E-state index in [0.717, 1.165) is 3.57 Å². The molecule has 1 aromatic rings. The average molecular weight is 278 g/mol. The molecule has 3 nitrogen and oxygen atoms in total. The molecule has 0 radical (unpaired) electrons. The van der Waals surface area contributed by atoms with Gasteiger partial charge in [-0.25, -0.2) is 0 Å². The molecule has 1 rings (SSSR count). The van der Waals surface area contributed by atoms with E-state index >= 15 is 0 Å². The maximum absolute atomic E-state index is 8.93. The van der Waals surface area contributed by atoms with E-state index in [2.05, 4.69) is 22.6 Å². The number of rotatable bonds is 2. The Bertz CT molecular complexity index is 277. The van der Waals surface area contributed by atoms with Crippen molar-refractivity contribution in [1.82, 2.24) is 0 Å². The minimum atomic E-state index is -1.48. The van der Waals surface area contributed by atoms with Gasteiger partial charge in [-0.15, -0.1) is 0 Å². The molecule has 0 aliphatic heterocycles. The number of methoxy groups -OCH3 is 1. The van der Waals surface area contributed by atoms with Crippen LogP contribution in [0.5, 0.6) is 5.75 Å². The van der Waals surface area contributed by atoms with E-state index in [0.29, 0.717) is 11.2 Å². The van der Waals surface area contributed by atoms with Crippen LogP contribution in [-0.4, -0.2) is 24.3 Å². The van der Waals surface area contributed by atoms with E-state index in [-0.39, 0.29) is 0 Å². The van der Waals surface area contributed by atoms with E-state index < -0.39 is 7.12 Å². The van der Waals surface area contributed by atoms with Crippen molar-refractivity contribution in [1.29, 1.82) is 0 Å². The maximum atomic E-state index is 8.93. The molecule has 0 fully saturated rings. The molecular formula is C7H8BIO3. The fourth-order valence-corrected chi connectivity index (χ4v) is 1.68. The van der Waals surface area contributed by atoms with Crippen LogP contribution in [0.3, 0.4) is 0 Å². The lowest BCUT2D eigenvalue weighted by molar-refractivity contribution is 0.401. The van der Waals surface area contributed by atoms with Crippen LogP contribution in [-0.2, 0) is 0 Å². The molecule has 0 bridgehead atoms. The second-order valence-corrected chi connectivity index (χ2v) is 3.40. The zero-order valence-corrected chi connectivity index (χ0v) is 8.65. The zero-order chi connectivity index (χ0) is 9.14. The van der Waals surface area contributed by atoms with Crippen LogP contribution in [0.4, 0.5) is 0 Å². The molecule has 0 heterocycles. The highest BCUT2D eigenvalue weighted by atomic mass is 127.